The molecule has 1 atom stereocenters. The van der Waals surface area contributed by atoms with Crippen LogP contribution in [0.1, 0.15) is 17.2 Å². The SMILES string of the molecule is O=C1CNC(=O)N1c1cc(Cl)c(Oc2ccc(O)c(C(O)c3ccc(F)cc3)c2)c(Cl)c1. The largest absolute Gasteiger partial charge is 0.508 e. The fourth-order valence-corrected chi connectivity index (χ4v) is 3.77. The molecule has 32 heavy (non-hydrogen) atoms. The molecular weight excluding hydrogens is 462 g/mol. The van der Waals surface area contributed by atoms with Gasteiger partial charge in [0.05, 0.1) is 22.3 Å². The number of phenolic OH excluding ortho intramolecular Hbond substituents is 1. The van der Waals surface area contributed by atoms with E-state index in [1.807, 2.05) is 0 Å². The Bertz CT molecular complexity index is 1180. The Morgan fingerprint density at radius 1 is 1.03 bits per heavy atom. The number of hydrogen-bond acceptors (Lipinski definition) is 5. The molecule has 0 saturated carbocycles. The molecule has 3 N–H and O–H groups in total. The van der Waals surface area contributed by atoms with E-state index in [-0.39, 0.29) is 45.1 Å². The summed E-state index contributed by atoms with van der Waals surface area (Å²) in [4.78, 5) is 24.7. The van der Waals surface area contributed by atoms with E-state index in [1.165, 1.54) is 54.6 Å². The highest BCUT2D eigenvalue weighted by molar-refractivity contribution is 6.38. The van der Waals surface area contributed by atoms with Gasteiger partial charge < -0.3 is 20.3 Å². The molecular formula is C22H15Cl2FN2O5. The predicted molar refractivity (Wildman–Crippen MR) is 116 cm³/mol. The zero-order chi connectivity index (χ0) is 23.0. The van der Waals surface area contributed by atoms with Crippen molar-refractivity contribution in [1.82, 2.24) is 5.32 Å². The Morgan fingerprint density at radius 2 is 1.69 bits per heavy atom. The molecule has 1 aliphatic heterocycles. The van der Waals surface area contributed by atoms with Crippen LogP contribution in [0, 0.1) is 5.82 Å². The third-order valence-electron chi connectivity index (χ3n) is 4.78. The van der Waals surface area contributed by atoms with E-state index >= 15 is 0 Å². The number of benzene rings is 3. The Balaban J connectivity index is 1.63. The van der Waals surface area contributed by atoms with Crippen LogP contribution in [0.4, 0.5) is 14.9 Å². The molecule has 4 rings (SSSR count). The number of nitrogens with one attached hydrogen (secondary N) is 1. The van der Waals surface area contributed by atoms with Gasteiger partial charge in [-0.15, -0.1) is 0 Å². The van der Waals surface area contributed by atoms with Gasteiger partial charge in [-0.05, 0) is 48.0 Å². The maximum absolute atomic E-state index is 13.2. The summed E-state index contributed by atoms with van der Waals surface area (Å²) >= 11 is 12.6. The van der Waals surface area contributed by atoms with Crippen LogP contribution < -0.4 is 15.0 Å². The molecule has 0 bridgehead atoms. The average molecular weight is 477 g/mol. The van der Waals surface area contributed by atoms with E-state index < -0.39 is 23.9 Å². The first kappa shape index (κ1) is 21.9. The smallest absolute Gasteiger partial charge is 0.329 e. The number of amides is 3. The minimum Gasteiger partial charge on any atom is -0.508 e. The highest BCUT2D eigenvalue weighted by atomic mass is 35.5. The van der Waals surface area contributed by atoms with Crippen LogP contribution in [0.25, 0.3) is 0 Å². The van der Waals surface area contributed by atoms with E-state index in [2.05, 4.69) is 5.32 Å². The second-order valence-electron chi connectivity index (χ2n) is 6.90. The zero-order valence-corrected chi connectivity index (χ0v) is 17.7. The van der Waals surface area contributed by atoms with Crippen LogP contribution in [-0.4, -0.2) is 28.7 Å². The second kappa shape index (κ2) is 8.66. The van der Waals surface area contributed by atoms with Gasteiger partial charge in [0.1, 0.15) is 23.4 Å². The monoisotopic (exact) mass is 476 g/mol. The topological polar surface area (TPSA) is 99.1 Å². The molecule has 3 aromatic rings. The first-order valence-electron chi connectivity index (χ1n) is 9.28. The average Bonchev–Trinajstić information content (AvgIpc) is 3.09. The van der Waals surface area contributed by atoms with Crippen molar-refractivity contribution < 1.29 is 28.9 Å². The second-order valence-corrected chi connectivity index (χ2v) is 7.72. The summed E-state index contributed by atoms with van der Waals surface area (Å²) in [6, 6.07) is 11.5. The highest BCUT2D eigenvalue weighted by Crippen LogP contribution is 2.41. The minimum absolute atomic E-state index is 0.0358. The van der Waals surface area contributed by atoms with Gasteiger partial charge in [-0.2, -0.15) is 0 Å². The number of carbonyl (C=O) groups excluding carboxylic acids is 2. The molecule has 164 valence electrons. The molecule has 1 aliphatic rings. The van der Waals surface area contributed by atoms with Gasteiger partial charge in [0.15, 0.2) is 5.75 Å². The fraction of sp³-hybridized carbons (Fsp3) is 0.0909. The number of anilines is 1. The summed E-state index contributed by atoms with van der Waals surface area (Å²) in [7, 11) is 0. The molecule has 1 heterocycles. The van der Waals surface area contributed by atoms with Crippen LogP contribution in [0.5, 0.6) is 17.2 Å². The molecule has 1 fully saturated rings. The van der Waals surface area contributed by atoms with Gasteiger partial charge in [-0.1, -0.05) is 35.3 Å². The molecule has 0 aromatic heterocycles. The number of nitrogens with zero attached hydrogens (tertiary/aromatic N) is 1. The van der Waals surface area contributed by atoms with Crippen LogP contribution in [-0.2, 0) is 4.79 Å². The number of aliphatic hydroxyl groups excluding tert-OH is 1. The van der Waals surface area contributed by atoms with Gasteiger partial charge in [-0.25, -0.2) is 14.1 Å². The number of aliphatic hydroxyl groups is 1. The van der Waals surface area contributed by atoms with Crippen molar-refractivity contribution in [3.8, 4) is 17.2 Å². The first-order valence-corrected chi connectivity index (χ1v) is 10.0. The van der Waals surface area contributed by atoms with Gasteiger partial charge in [0.2, 0.25) is 0 Å². The number of hydrogen-bond donors (Lipinski definition) is 3. The van der Waals surface area contributed by atoms with Crippen LogP contribution in [0.15, 0.2) is 54.6 Å². The van der Waals surface area contributed by atoms with Gasteiger partial charge in [0, 0.05) is 5.56 Å². The number of rotatable bonds is 5. The summed E-state index contributed by atoms with van der Waals surface area (Å²) in [5.41, 5.74) is 0.676. The van der Waals surface area contributed by atoms with Crippen LogP contribution in [0.3, 0.4) is 0 Å². The summed E-state index contributed by atoms with van der Waals surface area (Å²) in [5, 5.41) is 23.3. The molecule has 7 nitrogen and oxygen atoms in total. The third-order valence-corrected chi connectivity index (χ3v) is 5.35. The van der Waals surface area contributed by atoms with E-state index in [4.69, 9.17) is 27.9 Å². The van der Waals surface area contributed by atoms with Gasteiger partial charge >= 0.3 is 6.03 Å². The molecule has 3 aromatic carbocycles. The van der Waals surface area contributed by atoms with E-state index in [0.29, 0.717) is 5.56 Å². The van der Waals surface area contributed by atoms with Crippen molar-refractivity contribution >= 4 is 40.8 Å². The quantitative estimate of drug-likeness (QED) is 0.460. The van der Waals surface area contributed by atoms with Crippen molar-refractivity contribution in [2.45, 2.75) is 6.10 Å². The van der Waals surface area contributed by atoms with Crippen LogP contribution >= 0.6 is 23.2 Å². The van der Waals surface area contributed by atoms with Crippen molar-refractivity contribution in [2.24, 2.45) is 0 Å². The number of aromatic hydroxyl groups is 1. The summed E-state index contributed by atoms with van der Waals surface area (Å²) in [5.74, 6) is -0.848. The number of phenols is 1. The number of ether oxygens (including phenoxy) is 1. The number of imide groups is 1. The molecule has 1 unspecified atom stereocenters. The molecule has 0 radical (unpaired) electrons. The maximum atomic E-state index is 13.2. The summed E-state index contributed by atoms with van der Waals surface area (Å²) in [6.07, 6.45) is -1.24. The minimum atomic E-state index is -1.24. The molecule has 0 spiro atoms. The summed E-state index contributed by atoms with van der Waals surface area (Å²) in [6.45, 7) is -0.126. The highest BCUT2D eigenvalue weighted by Gasteiger charge is 2.31. The van der Waals surface area contributed by atoms with Crippen LogP contribution in [0.2, 0.25) is 10.0 Å². The molecule has 10 heteroatoms. The van der Waals surface area contributed by atoms with E-state index in [0.717, 1.165) is 4.90 Å². The van der Waals surface area contributed by atoms with Crippen molar-refractivity contribution in [1.29, 1.82) is 0 Å². The lowest BCUT2D eigenvalue weighted by Crippen LogP contribution is -2.30. The Hall–Kier alpha value is -3.33. The number of halogens is 3. The Kier molecular flexibility index (Phi) is 5.92. The molecule has 3 amide bonds. The predicted octanol–water partition coefficient (Wildman–Crippen LogP) is 4.77. The maximum Gasteiger partial charge on any atom is 0.329 e. The van der Waals surface area contributed by atoms with Gasteiger partial charge in [-0.3, -0.25) is 4.79 Å². The van der Waals surface area contributed by atoms with Crippen molar-refractivity contribution in [2.75, 3.05) is 11.4 Å². The van der Waals surface area contributed by atoms with E-state index in [1.54, 1.807) is 0 Å². The van der Waals surface area contributed by atoms with Crippen molar-refractivity contribution in [3.63, 3.8) is 0 Å². The van der Waals surface area contributed by atoms with Crippen molar-refractivity contribution in [3.05, 3.63) is 81.6 Å². The fourth-order valence-electron chi connectivity index (χ4n) is 3.21. The lowest BCUT2D eigenvalue weighted by atomic mass is 10.0. The normalized spacial score (nSPS) is 14.4. The lowest BCUT2D eigenvalue weighted by Gasteiger charge is -2.17. The molecule has 1 saturated heterocycles. The Morgan fingerprint density at radius 3 is 2.28 bits per heavy atom. The Labute approximate surface area is 191 Å². The zero-order valence-electron chi connectivity index (χ0n) is 16.2. The van der Waals surface area contributed by atoms with Gasteiger partial charge in [0.25, 0.3) is 5.91 Å². The lowest BCUT2D eigenvalue weighted by molar-refractivity contribution is -0.115. The number of urea groups is 1. The number of carbonyl (C=O) groups is 2. The van der Waals surface area contributed by atoms with E-state index in [9.17, 15) is 24.2 Å². The molecule has 0 aliphatic carbocycles. The standard InChI is InChI=1S/C22H15Cl2FN2O5/c23-16-7-13(27-19(29)10-26-22(27)31)8-17(24)21(16)32-14-5-6-18(28)15(9-14)20(30)11-1-3-12(25)4-2-11/h1-9,20,28,30H,10H2,(H,26,31). The summed E-state index contributed by atoms with van der Waals surface area (Å²) < 4.78 is 18.9. The first-order chi connectivity index (χ1) is 15.2. The third kappa shape index (κ3) is 4.20.